The fourth-order valence-corrected chi connectivity index (χ4v) is 3.34. The number of aryl methyl sites for hydroxylation is 2. The van der Waals surface area contributed by atoms with E-state index in [0.717, 1.165) is 21.5 Å². The highest BCUT2D eigenvalue weighted by atomic mass is 19.4. The molecule has 0 saturated carbocycles. The lowest BCUT2D eigenvalue weighted by atomic mass is 9.96. The number of amides is 2. The number of urea groups is 1. The van der Waals surface area contributed by atoms with Crippen molar-refractivity contribution in [3.05, 3.63) is 29.6 Å². The van der Waals surface area contributed by atoms with Crippen LogP contribution in [0.3, 0.4) is 0 Å². The zero-order valence-corrected chi connectivity index (χ0v) is 14.7. The average molecular weight is 384 g/mol. The molecule has 0 spiro atoms. The van der Waals surface area contributed by atoms with Gasteiger partial charge < -0.3 is 19.9 Å². The smallest absolute Gasteiger partial charge is 0.394 e. The monoisotopic (exact) mass is 384 g/mol. The van der Waals surface area contributed by atoms with E-state index < -0.39 is 43.1 Å². The third-order valence-corrected chi connectivity index (χ3v) is 4.87. The zero-order chi connectivity index (χ0) is 19.9. The molecule has 1 fully saturated rings. The van der Waals surface area contributed by atoms with E-state index in [4.69, 9.17) is 5.11 Å². The molecule has 1 aliphatic rings. The topological polar surface area (TPSA) is 87.5 Å². The number of alkyl halides is 3. The summed E-state index contributed by atoms with van der Waals surface area (Å²) in [5.41, 5.74) is 2.66. The van der Waals surface area contributed by atoms with E-state index in [1.807, 2.05) is 25.1 Å². The molecular formula is C17H19F3N4O3. The van der Waals surface area contributed by atoms with Gasteiger partial charge in [0.15, 0.2) is 0 Å². The fourth-order valence-electron chi connectivity index (χ4n) is 3.34. The summed E-state index contributed by atoms with van der Waals surface area (Å²) in [4.78, 5) is 28.7. The molecule has 2 N–H and O–H groups in total. The Morgan fingerprint density at radius 2 is 2.04 bits per heavy atom. The highest BCUT2D eigenvalue weighted by molar-refractivity contribution is 5.79. The van der Waals surface area contributed by atoms with Crippen molar-refractivity contribution in [1.29, 1.82) is 0 Å². The van der Waals surface area contributed by atoms with Gasteiger partial charge in [0.1, 0.15) is 5.82 Å². The van der Waals surface area contributed by atoms with Gasteiger partial charge in [-0.2, -0.15) is 13.2 Å². The summed E-state index contributed by atoms with van der Waals surface area (Å²) in [5.74, 6) is -4.74. The standard InChI is InChI=1S/C17H19F3N4O3/c1-9-3-4-13-12(5-9)22-14(23(13)2)6-21-16(27)24-7-10(15(25)26)11(8-24)17(18,19)20/h3-5,10-11H,6-8H2,1-2H3,(H,21,27)(H,25,26)/t10-,11-/m1/s1. The molecule has 0 bridgehead atoms. The number of imidazole rings is 1. The number of aromatic nitrogens is 2. The number of halogens is 3. The normalized spacial score (nSPS) is 20.3. The number of fused-ring (bicyclic) bond motifs is 1. The molecule has 27 heavy (non-hydrogen) atoms. The molecule has 0 aliphatic carbocycles. The van der Waals surface area contributed by atoms with Gasteiger partial charge in [0, 0.05) is 20.1 Å². The van der Waals surface area contributed by atoms with Crippen molar-refractivity contribution in [2.45, 2.75) is 19.6 Å². The van der Waals surface area contributed by atoms with E-state index in [-0.39, 0.29) is 6.54 Å². The Hall–Kier alpha value is -2.78. The molecule has 0 radical (unpaired) electrons. The lowest BCUT2D eigenvalue weighted by Gasteiger charge is -2.18. The summed E-state index contributed by atoms with van der Waals surface area (Å²) >= 11 is 0. The third-order valence-electron chi connectivity index (χ3n) is 4.87. The quantitative estimate of drug-likeness (QED) is 0.850. The van der Waals surface area contributed by atoms with Gasteiger partial charge in [-0.05, 0) is 24.6 Å². The average Bonchev–Trinajstić information content (AvgIpc) is 3.15. The number of carbonyl (C=O) groups excluding carboxylic acids is 1. The number of hydrogen-bond acceptors (Lipinski definition) is 3. The van der Waals surface area contributed by atoms with Crippen molar-refractivity contribution >= 4 is 23.0 Å². The van der Waals surface area contributed by atoms with Crippen LogP contribution in [0, 0.1) is 18.8 Å². The van der Waals surface area contributed by atoms with Gasteiger partial charge in [-0.15, -0.1) is 0 Å². The highest BCUT2D eigenvalue weighted by Gasteiger charge is 2.53. The number of likely N-dealkylation sites (tertiary alicyclic amines) is 1. The van der Waals surface area contributed by atoms with Crippen LogP contribution in [-0.2, 0) is 18.4 Å². The molecule has 2 heterocycles. The molecular weight excluding hydrogens is 365 g/mol. The van der Waals surface area contributed by atoms with E-state index in [1.165, 1.54) is 0 Å². The van der Waals surface area contributed by atoms with Gasteiger partial charge in [-0.1, -0.05) is 6.07 Å². The number of carboxylic acids is 1. The van der Waals surface area contributed by atoms with Gasteiger partial charge >= 0.3 is 18.2 Å². The Kier molecular flexibility index (Phi) is 4.75. The predicted octanol–water partition coefficient (Wildman–Crippen LogP) is 2.29. The minimum absolute atomic E-state index is 0.0218. The SMILES string of the molecule is Cc1ccc2c(c1)nc(CNC(=O)N1C[C@@H](C(F)(F)F)[C@H](C(=O)O)C1)n2C. The minimum atomic E-state index is -4.67. The third kappa shape index (κ3) is 3.69. The minimum Gasteiger partial charge on any atom is -0.481 e. The van der Waals surface area contributed by atoms with Crippen LogP contribution in [0.4, 0.5) is 18.0 Å². The summed E-state index contributed by atoms with van der Waals surface area (Å²) in [5, 5.41) is 11.6. The summed E-state index contributed by atoms with van der Waals surface area (Å²) in [7, 11) is 1.78. The second-order valence-corrected chi connectivity index (χ2v) is 6.74. The Morgan fingerprint density at radius 3 is 2.63 bits per heavy atom. The molecule has 0 unspecified atom stereocenters. The maximum Gasteiger partial charge on any atom is 0.394 e. The van der Waals surface area contributed by atoms with Crippen molar-refractivity contribution < 1.29 is 27.9 Å². The molecule has 1 aromatic heterocycles. The van der Waals surface area contributed by atoms with Crippen LogP contribution in [0.2, 0.25) is 0 Å². The first-order valence-corrected chi connectivity index (χ1v) is 8.32. The molecule has 1 aliphatic heterocycles. The number of nitrogens with one attached hydrogen (secondary N) is 1. The van der Waals surface area contributed by atoms with Gasteiger partial charge in [0.2, 0.25) is 0 Å². The number of carbonyl (C=O) groups is 2. The Balaban J connectivity index is 1.69. The van der Waals surface area contributed by atoms with Gasteiger partial charge in [-0.3, -0.25) is 4.79 Å². The fraction of sp³-hybridized carbons (Fsp3) is 0.471. The first kappa shape index (κ1) is 19.0. The molecule has 2 aromatic rings. The number of nitrogens with zero attached hydrogens (tertiary/aromatic N) is 3. The first-order chi connectivity index (χ1) is 12.6. The van der Waals surface area contributed by atoms with Crippen molar-refractivity contribution in [3.8, 4) is 0 Å². The lowest BCUT2D eigenvalue weighted by Crippen LogP contribution is -2.39. The number of rotatable bonds is 3. The van der Waals surface area contributed by atoms with Crippen molar-refractivity contribution in [1.82, 2.24) is 19.8 Å². The zero-order valence-electron chi connectivity index (χ0n) is 14.7. The molecule has 1 aromatic carbocycles. The molecule has 1 saturated heterocycles. The van der Waals surface area contributed by atoms with Crippen LogP contribution in [-0.4, -0.2) is 50.8 Å². The summed E-state index contributed by atoms with van der Waals surface area (Å²) in [6, 6.07) is 4.98. The predicted molar refractivity (Wildman–Crippen MR) is 89.9 cm³/mol. The summed E-state index contributed by atoms with van der Waals surface area (Å²) in [6.07, 6.45) is -4.67. The van der Waals surface area contributed by atoms with Gasteiger partial charge in [-0.25, -0.2) is 9.78 Å². The van der Waals surface area contributed by atoms with Crippen molar-refractivity contribution in [2.75, 3.05) is 13.1 Å². The van der Waals surface area contributed by atoms with Crippen LogP contribution in [0.1, 0.15) is 11.4 Å². The van der Waals surface area contributed by atoms with Crippen LogP contribution < -0.4 is 5.32 Å². The second-order valence-electron chi connectivity index (χ2n) is 6.74. The lowest BCUT2D eigenvalue weighted by molar-refractivity contribution is -0.187. The van der Waals surface area contributed by atoms with Gasteiger partial charge in [0.25, 0.3) is 0 Å². The number of aliphatic carboxylic acids is 1. The summed E-state index contributed by atoms with van der Waals surface area (Å²) < 4.78 is 40.9. The van der Waals surface area contributed by atoms with Crippen LogP contribution in [0.25, 0.3) is 11.0 Å². The van der Waals surface area contributed by atoms with Gasteiger partial charge in [0.05, 0.1) is 29.4 Å². The van der Waals surface area contributed by atoms with Crippen LogP contribution in [0.15, 0.2) is 18.2 Å². The molecule has 3 rings (SSSR count). The second kappa shape index (κ2) is 6.75. The van der Waals surface area contributed by atoms with Crippen LogP contribution in [0.5, 0.6) is 0 Å². The first-order valence-electron chi connectivity index (χ1n) is 8.32. The number of carboxylic acid groups (broad SMARTS) is 1. The Labute approximate surface area is 152 Å². The number of hydrogen-bond donors (Lipinski definition) is 2. The molecule has 10 heteroatoms. The molecule has 7 nitrogen and oxygen atoms in total. The van der Waals surface area contributed by atoms with Crippen LogP contribution >= 0.6 is 0 Å². The van der Waals surface area contributed by atoms with E-state index in [9.17, 15) is 22.8 Å². The van der Waals surface area contributed by atoms with E-state index in [1.54, 1.807) is 11.6 Å². The van der Waals surface area contributed by atoms with Crippen molar-refractivity contribution in [3.63, 3.8) is 0 Å². The Morgan fingerprint density at radius 1 is 1.33 bits per heavy atom. The van der Waals surface area contributed by atoms with E-state index >= 15 is 0 Å². The van der Waals surface area contributed by atoms with Crippen molar-refractivity contribution in [2.24, 2.45) is 18.9 Å². The molecule has 146 valence electrons. The maximum absolute atomic E-state index is 13.0. The van der Waals surface area contributed by atoms with E-state index in [0.29, 0.717) is 5.82 Å². The number of benzene rings is 1. The molecule has 2 atom stereocenters. The largest absolute Gasteiger partial charge is 0.481 e. The highest BCUT2D eigenvalue weighted by Crippen LogP contribution is 2.37. The molecule has 2 amide bonds. The Bertz CT molecular complexity index is 893. The summed E-state index contributed by atoms with van der Waals surface area (Å²) in [6.45, 7) is 0.800. The van der Waals surface area contributed by atoms with E-state index in [2.05, 4.69) is 10.3 Å². The maximum atomic E-state index is 13.0.